The Morgan fingerprint density at radius 2 is 2.10 bits per heavy atom. The number of carbonyl (C=O) groups excluding carboxylic acids is 1. The van der Waals surface area contributed by atoms with Crippen LogP contribution in [-0.4, -0.2) is 11.7 Å². The summed E-state index contributed by atoms with van der Waals surface area (Å²) in [6.07, 6.45) is 0. The van der Waals surface area contributed by atoms with Gasteiger partial charge in [-0.3, -0.25) is 4.79 Å². The summed E-state index contributed by atoms with van der Waals surface area (Å²) in [5.41, 5.74) is 2.97. The number of anilines is 1. The normalized spacial score (nSPS) is 10.4. The van der Waals surface area contributed by atoms with Gasteiger partial charge in [0.05, 0.1) is 5.75 Å². The molecule has 0 aliphatic carbocycles. The second kappa shape index (κ2) is 7.87. The minimum atomic E-state index is -0.0136. The van der Waals surface area contributed by atoms with Crippen LogP contribution in [0.15, 0.2) is 46.9 Å². The van der Waals surface area contributed by atoms with E-state index in [2.05, 4.69) is 33.4 Å². The summed E-state index contributed by atoms with van der Waals surface area (Å²) in [7, 11) is 0. The molecule has 0 fully saturated rings. The van der Waals surface area contributed by atoms with Gasteiger partial charge < -0.3 is 5.32 Å². The van der Waals surface area contributed by atoms with Gasteiger partial charge >= 0.3 is 0 Å². The van der Waals surface area contributed by atoms with Gasteiger partial charge in [0.15, 0.2) is 0 Å². The van der Waals surface area contributed by atoms with Gasteiger partial charge in [-0.25, -0.2) is 0 Å². The Kier molecular flexibility index (Phi) is 6.15. The molecule has 2 nitrogen and oxygen atoms in total. The fourth-order valence-electron chi connectivity index (χ4n) is 1.80. The minimum absolute atomic E-state index is 0.0136. The van der Waals surface area contributed by atoms with Crippen molar-refractivity contribution in [1.82, 2.24) is 0 Å². The van der Waals surface area contributed by atoms with Crippen LogP contribution in [0.5, 0.6) is 0 Å². The van der Waals surface area contributed by atoms with Crippen LogP contribution in [0.1, 0.15) is 11.1 Å². The molecule has 2 aromatic rings. The molecule has 0 aromatic heterocycles. The van der Waals surface area contributed by atoms with Gasteiger partial charge in [-0.2, -0.15) is 0 Å². The second-order valence-electron chi connectivity index (χ2n) is 4.63. The van der Waals surface area contributed by atoms with Crippen molar-refractivity contribution in [3.63, 3.8) is 0 Å². The highest BCUT2D eigenvalue weighted by molar-refractivity contribution is 9.10. The summed E-state index contributed by atoms with van der Waals surface area (Å²) >= 11 is 11.0. The fourth-order valence-corrected chi connectivity index (χ4v) is 3.20. The van der Waals surface area contributed by atoms with E-state index in [0.29, 0.717) is 10.8 Å². The first-order chi connectivity index (χ1) is 10.0. The van der Waals surface area contributed by atoms with Crippen LogP contribution in [0, 0.1) is 6.92 Å². The monoisotopic (exact) mass is 383 g/mol. The Hall–Kier alpha value is -0.970. The summed E-state index contributed by atoms with van der Waals surface area (Å²) in [6, 6.07) is 13.6. The van der Waals surface area contributed by atoms with Crippen molar-refractivity contribution >= 4 is 50.9 Å². The molecular weight excluding hydrogens is 370 g/mol. The lowest BCUT2D eigenvalue weighted by atomic mass is 10.2. The molecule has 1 N–H and O–H groups in total. The lowest BCUT2D eigenvalue weighted by molar-refractivity contribution is -0.113. The summed E-state index contributed by atoms with van der Waals surface area (Å²) < 4.78 is 1.06. The van der Waals surface area contributed by atoms with Crippen LogP contribution >= 0.6 is 39.3 Å². The summed E-state index contributed by atoms with van der Waals surface area (Å²) in [6.45, 7) is 1.95. The van der Waals surface area contributed by atoms with Crippen molar-refractivity contribution in [1.29, 1.82) is 0 Å². The number of carbonyl (C=O) groups is 1. The number of nitrogens with one attached hydrogen (secondary N) is 1. The fraction of sp³-hybridized carbons (Fsp3) is 0.188. The number of benzene rings is 2. The lowest BCUT2D eigenvalue weighted by Crippen LogP contribution is -2.15. The standard InChI is InChI=1S/C16H15BrClNOS/c1-11-5-6-14(18)8-15(11)19-16(20)10-21-9-12-3-2-4-13(17)7-12/h2-8H,9-10H2,1H3,(H,19,20). The van der Waals surface area contributed by atoms with E-state index in [1.807, 2.05) is 31.2 Å². The maximum Gasteiger partial charge on any atom is 0.234 e. The molecule has 0 saturated carbocycles. The zero-order chi connectivity index (χ0) is 15.2. The molecule has 0 radical (unpaired) electrons. The predicted octanol–water partition coefficient (Wildman–Crippen LogP) is 5.28. The van der Waals surface area contributed by atoms with Crippen LogP contribution in [0.4, 0.5) is 5.69 Å². The molecule has 0 aliphatic heterocycles. The molecule has 0 atom stereocenters. The quantitative estimate of drug-likeness (QED) is 0.759. The predicted molar refractivity (Wildman–Crippen MR) is 95.1 cm³/mol. The van der Waals surface area contributed by atoms with Crippen molar-refractivity contribution in [3.8, 4) is 0 Å². The lowest BCUT2D eigenvalue weighted by Gasteiger charge is -2.09. The second-order valence-corrected chi connectivity index (χ2v) is 6.97. The molecule has 0 spiro atoms. The Bertz CT molecular complexity index is 648. The van der Waals surface area contributed by atoms with E-state index in [1.165, 1.54) is 5.56 Å². The Balaban J connectivity index is 1.84. The zero-order valence-corrected chi connectivity index (χ0v) is 14.7. The molecule has 2 aromatic carbocycles. The van der Waals surface area contributed by atoms with E-state index in [9.17, 15) is 4.79 Å². The Labute approximate surface area is 142 Å². The number of hydrogen-bond acceptors (Lipinski definition) is 2. The van der Waals surface area contributed by atoms with E-state index in [-0.39, 0.29) is 5.91 Å². The maximum absolute atomic E-state index is 11.9. The third-order valence-electron chi connectivity index (χ3n) is 2.86. The third kappa shape index (κ3) is 5.38. The van der Waals surface area contributed by atoms with E-state index < -0.39 is 0 Å². The van der Waals surface area contributed by atoms with Gasteiger partial charge in [-0.1, -0.05) is 45.7 Å². The van der Waals surface area contributed by atoms with Crippen LogP contribution in [0.2, 0.25) is 5.02 Å². The zero-order valence-electron chi connectivity index (χ0n) is 11.5. The molecule has 21 heavy (non-hydrogen) atoms. The largest absolute Gasteiger partial charge is 0.325 e. The summed E-state index contributed by atoms with van der Waals surface area (Å²) in [5, 5.41) is 3.52. The molecule has 0 unspecified atom stereocenters. The number of hydrogen-bond donors (Lipinski definition) is 1. The van der Waals surface area contributed by atoms with E-state index in [0.717, 1.165) is 21.5 Å². The molecule has 2 rings (SSSR count). The van der Waals surface area contributed by atoms with Crippen LogP contribution in [0.3, 0.4) is 0 Å². The van der Waals surface area contributed by atoms with Crippen molar-refractivity contribution in [2.24, 2.45) is 0 Å². The molecule has 0 bridgehead atoms. The first kappa shape index (κ1) is 16.4. The molecule has 0 aliphatic rings. The Morgan fingerprint density at radius 3 is 2.86 bits per heavy atom. The average Bonchev–Trinajstić information content (AvgIpc) is 2.43. The molecular formula is C16H15BrClNOS. The highest BCUT2D eigenvalue weighted by atomic mass is 79.9. The number of amides is 1. The van der Waals surface area contributed by atoms with E-state index in [4.69, 9.17) is 11.6 Å². The van der Waals surface area contributed by atoms with Crippen LogP contribution in [0.25, 0.3) is 0 Å². The highest BCUT2D eigenvalue weighted by Crippen LogP contribution is 2.21. The van der Waals surface area contributed by atoms with Gasteiger partial charge in [-0.15, -0.1) is 11.8 Å². The van der Waals surface area contributed by atoms with Crippen LogP contribution in [-0.2, 0) is 10.5 Å². The van der Waals surface area contributed by atoms with Gasteiger partial charge in [-0.05, 0) is 42.3 Å². The number of halogens is 2. The van der Waals surface area contributed by atoms with E-state index in [1.54, 1.807) is 17.8 Å². The van der Waals surface area contributed by atoms with Gasteiger partial charge in [0.2, 0.25) is 5.91 Å². The topological polar surface area (TPSA) is 29.1 Å². The first-order valence-corrected chi connectivity index (χ1v) is 8.75. The molecule has 1 amide bonds. The van der Waals surface area contributed by atoms with Crippen molar-refractivity contribution in [2.45, 2.75) is 12.7 Å². The summed E-state index contributed by atoms with van der Waals surface area (Å²) in [4.78, 5) is 11.9. The first-order valence-electron chi connectivity index (χ1n) is 6.43. The SMILES string of the molecule is Cc1ccc(Cl)cc1NC(=O)CSCc1cccc(Br)c1. The summed E-state index contributed by atoms with van der Waals surface area (Å²) in [5.74, 6) is 1.21. The molecule has 0 saturated heterocycles. The van der Waals surface area contributed by atoms with Crippen molar-refractivity contribution < 1.29 is 4.79 Å². The average molecular weight is 385 g/mol. The maximum atomic E-state index is 11.9. The van der Waals surface area contributed by atoms with Gasteiger partial charge in [0.1, 0.15) is 0 Å². The highest BCUT2D eigenvalue weighted by Gasteiger charge is 2.06. The van der Waals surface area contributed by atoms with Crippen LogP contribution < -0.4 is 5.32 Å². The van der Waals surface area contributed by atoms with Gasteiger partial charge in [0.25, 0.3) is 0 Å². The van der Waals surface area contributed by atoms with Gasteiger partial charge in [0, 0.05) is 20.9 Å². The minimum Gasteiger partial charge on any atom is -0.325 e. The van der Waals surface area contributed by atoms with E-state index >= 15 is 0 Å². The number of aryl methyl sites for hydroxylation is 1. The number of thioether (sulfide) groups is 1. The molecule has 5 heteroatoms. The third-order valence-corrected chi connectivity index (χ3v) is 4.60. The smallest absolute Gasteiger partial charge is 0.234 e. The Morgan fingerprint density at radius 1 is 1.29 bits per heavy atom. The molecule has 110 valence electrons. The molecule has 0 heterocycles. The van der Waals surface area contributed by atoms with Crippen molar-refractivity contribution in [2.75, 3.05) is 11.1 Å². The van der Waals surface area contributed by atoms with Crippen molar-refractivity contribution in [3.05, 3.63) is 63.1 Å². The number of rotatable bonds is 5.